The van der Waals surface area contributed by atoms with Crippen molar-refractivity contribution in [2.45, 2.75) is 51.7 Å². The van der Waals surface area contributed by atoms with Gasteiger partial charge in [-0.3, -0.25) is 9.69 Å². The van der Waals surface area contributed by atoms with Crippen LogP contribution in [0.3, 0.4) is 0 Å². The number of rotatable bonds is 13. The predicted octanol–water partition coefficient (Wildman–Crippen LogP) is 6.28. The summed E-state index contributed by atoms with van der Waals surface area (Å²) in [5.74, 6) is 0.792. The van der Waals surface area contributed by atoms with Crippen LogP contribution in [0.15, 0.2) is 72.8 Å². The minimum Gasteiger partial charge on any atom is -0.492 e. The van der Waals surface area contributed by atoms with Crippen LogP contribution >= 0.6 is 11.8 Å². The van der Waals surface area contributed by atoms with E-state index in [1.165, 1.54) is 0 Å². The first kappa shape index (κ1) is 29.7. The van der Waals surface area contributed by atoms with Crippen molar-refractivity contribution in [3.63, 3.8) is 0 Å². The Labute approximate surface area is 242 Å². The molecule has 0 saturated carbocycles. The summed E-state index contributed by atoms with van der Waals surface area (Å²) in [5.41, 5.74) is 4.47. The molecule has 0 aromatic heterocycles. The number of thioether (sulfide) groups is 1. The van der Waals surface area contributed by atoms with Crippen LogP contribution in [0.2, 0.25) is 0 Å². The highest BCUT2D eigenvalue weighted by molar-refractivity contribution is 7.98. The van der Waals surface area contributed by atoms with Gasteiger partial charge in [0.2, 0.25) is 0 Å². The van der Waals surface area contributed by atoms with Crippen molar-refractivity contribution in [3.05, 3.63) is 89.5 Å². The molecule has 1 saturated heterocycles. The number of hydrogen-bond acceptors (Lipinski definition) is 5. The fourth-order valence-corrected chi connectivity index (χ4v) is 5.88. The van der Waals surface area contributed by atoms with Crippen LogP contribution in [-0.2, 0) is 11.3 Å². The second kappa shape index (κ2) is 14.4. The van der Waals surface area contributed by atoms with Gasteiger partial charge in [0.15, 0.2) is 0 Å². The molecule has 0 spiro atoms. The first-order valence-electron chi connectivity index (χ1n) is 14.0. The van der Waals surface area contributed by atoms with Crippen molar-refractivity contribution in [3.8, 4) is 16.9 Å². The minimum atomic E-state index is -1.01. The van der Waals surface area contributed by atoms with Gasteiger partial charge >= 0.3 is 5.97 Å². The van der Waals surface area contributed by atoms with Gasteiger partial charge in [0.1, 0.15) is 18.4 Å². The van der Waals surface area contributed by atoms with E-state index in [-0.39, 0.29) is 5.91 Å². The number of hydrogen-bond donors (Lipinski definition) is 2. The lowest BCUT2D eigenvalue weighted by Gasteiger charge is -2.25. The highest BCUT2D eigenvalue weighted by atomic mass is 32.2. The molecule has 3 aromatic rings. The van der Waals surface area contributed by atoms with Gasteiger partial charge in [-0.25, -0.2) is 4.79 Å². The summed E-state index contributed by atoms with van der Waals surface area (Å²) in [6, 6.07) is 23.3. The number of nitrogens with one attached hydrogen (secondary N) is 1. The molecule has 6 nitrogen and oxygen atoms in total. The number of carboxylic acid groups (broad SMARTS) is 1. The number of likely N-dealkylation sites (tertiary alicyclic amines) is 1. The second-order valence-corrected chi connectivity index (χ2v) is 11.5. The molecule has 0 radical (unpaired) electrons. The standard InChI is InChI=1S/C33H40N2O4S/c1-4-24-18-26(22-39-27-11-6-5-7-12-27)35(20-24)21-25-14-15-29(30(19-25)28-13-9-8-10-23(28)2)32(36)34-31(33(37)38)16-17-40-3/h5-15,19,24,26,31H,4,16-18,20-22H2,1-3H3,(H,34,36)(H,37,38)/t24-,26-,31+/m1/s1. The molecular formula is C33H40N2O4S. The summed E-state index contributed by atoms with van der Waals surface area (Å²) in [7, 11) is 0. The Morgan fingerprint density at radius 1 is 1.07 bits per heavy atom. The zero-order valence-corrected chi connectivity index (χ0v) is 24.5. The Balaban J connectivity index is 1.59. The summed E-state index contributed by atoms with van der Waals surface area (Å²) in [4.78, 5) is 27.7. The Kier molecular flexibility index (Phi) is 10.7. The van der Waals surface area contributed by atoms with E-state index in [4.69, 9.17) is 4.74 Å². The van der Waals surface area contributed by atoms with Crippen LogP contribution in [0.1, 0.15) is 47.7 Å². The highest BCUT2D eigenvalue weighted by Gasteiger charge is 2.32. The van der Waals surface area contributed by atoms with Gasteiger partial charge in [0.25, 0.3) is 5.91 Å². The van der Waals surface area contributed by atoms with Gasteiger partial charge in [0, 0.05) is 24.7 Å². The van der Waals surface area contributed by atoms with Gasteiger partial charge in [0.05, 0.1) is 0 Å². The van der Waals surface area contributed by atoms with Crippen molar-refractivity contribution < 1.29 is 19.4 Å². The fraction of sp³-hybridized carbons (Fsp3) is 0.394. The van der Waals surface area contributed by atoms with Crippen LogP contribution < -0.4 is 10.1 Å². The minimum absolute atomic E-state index is 0.308. The molecule has 0 aliphatic carbocycles. The third kappa shape index (κ3) is 7.67. The molecule has 1 aliphatic heterocycles. The normalized spacial score (nSPS) is 17.9. The number of ether oxygens (including phenoxy) is 1. The molecule has 0 unspecified atom stereocenters. The predicted molar refractivity (Wildman–Crippen MR) is 163 cm³/mol. The molecule has 212 valence electrons. The lowest BCUT2D eigenvalue weighted by atomic mass is 9.93. The van der Waals surface area contributed by atoms with E-state index in [0.29, 0.717) is 36.3 Å². The molecule has 3 atom stereocenters. The Morgan fingerprint density at radius 2 is 1.82 bits per heavy atom. The Hall–Kier alpha value is -3.29. The van der Waals surface area contributed by atoms with Crippen molar-refractivity contribution >= 4 is 23.6 Å². The maximum absolute atomic E-state index is 13.4. The maximum Gasteiger partial charge on any atom is 0.326 e. The topological polar surface area (TPSA) is 78.9 Å². The fourth-order valence-electron chi connectivity index (χ4n) is 5.41. The largest absolute Gasteiger partial charge is 0.492 e. The van der Waals surface area contributed by atoms with Gasteiger partial charge < -0.3 is 15.2 Å². The molecule has 3 aromatic carbocycles. The first-order chi connectivity index (χ1) is 19.4. The average Bonchev–Trinajstić information content (AvgIpc) is 3.36. The van der Waals surface area contributed by atoms with Crippen molar-refractivity contribution in [1.29, 1.82) is 0 Å². The summed E-state index contributed by atoms with van der Waals surface area (Å²) in [6.07, 6.45) is 4.53. The zero-order valence-electron chi connectivity index (χ0n) is 23.6. The van der Waals surface area contributed by atoms with E-state index in [0.717, 1.165) is 53.9 Å². The highest BCUT2D eigenvalue weighted by Crippen LogP contribution is 2.32. The number of aliphatic carboxylic acids is 1. The molecule has 2 N–H and O–H groups in total. The number of carbonyl (C=O) groups excluding carboxylic acids is 1. The van der Waals surface area contributed by atoms with Gasteiger partial charge in [-0.2, -0.15) is 11.8 Å². The molecule has 7 heteroatoms. The number of benzene rings is 3. The first-order valence-corrected chi connectivity index (χ1v) is 15.4. The van der Waals surface area contributed by atoms with Crippen LogP contribution in [0.5, 0.6) is 5.75 Å². The van der Waals surface area contributed by atoms with Crippen molar-refractivity contribution in [1.82, 2.24) is 10.2 Å². The monoisotopic (exact) mass is 560 g/mol. The lowest BCUT2D eigenvalue weighted by Crippen LogP contribution is -2.41. The Bertz CT molecular complexity index is 1280. The number of carbonyl (C=O) groups is 2. The van der Waals surface area contributed by atoms with Crippen LogP contribution in [0.4, 0.5) is 0 Å². The quantitative estimate of drug-likeness (QED) is 0.256. The molecule has 40 heavy (non-hydrogen) atoms. The summed E-state index contributed by atoms with van der Waals surface area (Å²) >= 11 is 1.56. The van der Waals surface area contributed by atoms with Gasteiger partial charge in [-0.1, -0.05) is 61.9 Å². The third-order valence-electron chi connectivity index (χ3n) is 7.74. The summed E-state index contributed by atoms with van der Waals surface area (Å²) < 4.78 is 6.15. The number of aryl methyl sites for hydroxylation is 1. The number of para-hydroxylation sites is 1. The Morgan fingerprint density at radius 3 is 2.52 bits per heavy atom. The number of amides is 1. The molecule has 4 rings (SSSR count). The van der Waals surface area contributed by atoms with E-state index < -0.39 is 12.0 Å². The van der Waals surface area contributed by atoms with Crippen molar-refractivity contribution in [2.75, 3.05) is 25.2 Å². The smallest absolute Gasteiger partial charge is 0.326 e. The van der Waals surface area contributed by atoms with Crippen LogP contribution in [0.25, 0.3) is 11.1 Å². The average molecular weight is 561 g/mol. The van der Waals surface area contributed by atoms with E-state index >= 15 is 0 Å². The second-order valence-electron chi connectivity index (χ2n) is 10.6. The summed E-state index contributed by atoms with van der Waals surface area (Å²) in [6.45, 7) is 6.68. The molecule has 1 fully saturated rings. The molecule has 0 bridgehead atoms. The number of carboxylic acids is 1. The van der Waals surface area contributed by atoms with Crippen LogP contribution in [-0.4, -0.2) is 59.1 Å². The van der Waals surface area contributed by atoms with E-state index in [1.807, 2.05) is 79.9 Å². The molecule has 1 amide bonds. The van der Waals surface area contributed by atoms with E-state index in [2.05, 4.69) is 23.2 Å². The number of nitrogens with zero attached hydrogens (tertiary/aromatic N) is 1. The molecule has 1 aliphatic rings. The van der Waals surface area contributed by atoms with Crippen molar-refractivity contribution in [2.24, 2.45) is 5.92 Å². The molecule has 1 heterocycles. The lowest BCUT2D eigenvalue weighted by molar-refractivity contribution is -0.139. The van der Waals surface area contributed by atoms with Crippen LogP contribution in [0, 0.1) is 12.8 Å². The van der Waals surface area contributed by atoms with Gasteiger partial charge in [-0.15, -0.1) is 0 Å². The SMILES string of the molecule is CC[C@@H]1C[C@H](COc2ccccc2)N(Cc2ccc(C(=O)N[C@@H](CCSC)C(=O)O)c(-c3ccccc3C)c2)C1. The zero-order chi connectivity index (χ0) is 28.5. The molecular weight excluding hydrogens is 520 g/mol. The van der Waals surface area contributed by atoms with E-state index in [9.17, 15) is 14.7 Å². The summed E-state index contributed by atoms with van der Waals surface area (Å²) in [5, 5.41) is 12.4. The van der Waals surface area contributed by atoms with E-state index in [1.54, 1.807) is 11.8 Å². The van der Waals surface area contributed by atoms with Gasteiger partial charge in [-0.05, 0) is 84.2 Å². The third-order valence-corrected chi connectivity index (χ3v) is 8.38. The maximum atomic E-state index is 13.4.